The van der Waals surface area contributed by atoms with Crippen LogP contribution in [-0.2, 0) is 14.9 Å². The minimum atomic E-state index is -0.644. The highest BCUT2D eigenvalue weighted by Crippen LogP contribution is 2.49. The molecule has 1 saturated carbocycles. The van der Waals surface area contributed by atoms with Crippen LogP contribution in [0, 0.1) is 10.1 Å². The van der Waals surface area contributed by atoms with Crippen LogP contribution >= 0.6 is 0 Å². The molecule has 1 fully saturated rings. The van der Waals surface area contributed by atoms with E-state index in [4.69, 9.17) is 4.74 Å². The van der Waals surface area contributed by atoms with Crippen LogP contribution in [0.4, 0.5) is 11.4 Å². The van der Waals surface area contributed by atoms with Gasteiger partial charge in [0.2, 0.25) is 5.91 Å². The molecule has 2 aromatic rings. The highest BCUT2D eigenvalue weighted by molar-refractivity contribution is 6.01. The summed E-state index contributed by atoms with van der Waals surface area (Å²) < 4.78 is 4.92. The van der Waals surface area contributed by atoms with Crippen molar-refractivity contribution in [3.63, 3.8) is 0 Å². The Morgan fingerprint density at radius 1 is 1.12 bits per heavy atom. The number of nitro groups is 1. The summed E-state index contributed by atoms with van der Waals surface area (Å²) >= 11 is 0. The van der Waals surface area contributed by atoms with Gasteiger partial charge in [-0.15, -0.1) is 0 Å². The van der Waals surface area contributed by atoms with Crippen LogP contribution in [-0.4, -0.2) is 23.4 Å². The number of carbonyl (C=O) groups excluding carboxylic acids is 2. The van der Waals surface area contributed by atoms with Crippen LogP contribution in [0.15, 0.2) is 48.5 Å². The van der Waals surface area contributed by atoms with E-state index < -0.39 is 16.3 Å². The maximum Gasteiger partial charge on any atom is 0.338 e. The SMILES string of the molecule is CCOC(=O)c1ccc(NC(=O)C2(c3ccc([N+](=O)[O-])cc3)CC2)cc1. The molecule has 3 rings (SSSR count). The number of anilines is 1. The number of esters is 1. The molecule has 0 spiro atoms. The molecule has 0 radical (unpaired) electrons. The van der Waals surface area contributed by atoms with Gasteiger partial charge in [0.05, 0.1) is 22.5 Å². The van der Waals surface area contributed by atoms with Gasteiger partial charge in [0.15, 0.2) is 0 Å². The first kappa shape index (κ1) is 17.6. The lowest BCUT2D eigenvalue weighted by Gasteiger charge is -2.16. The molecule has 0 aliphatic heterocycles. The lowest BCUT2D eigenvalue weighted by Crippen LogP contribution is -2.27. The van der Waals surface area contributed by atoms with Crippen LogP contribution < -0.4 is 5.32 Å². The van der Waals surface area contributed by atoms with Gasteiger partial charge in [-0.05, 0) is 49.6 Å². The highest BCUT2D eigenvalue weighted by atomic mass is 16.6. The van der Waals surface area contributed by atoms with Crippen LogP contribution in [0.1, 0.15) is 35.7 Å². The molecule has 0 heterocycles. The van der Waals surface area contributed by atoms with E-state index >= 15 is 0 Å². The van der Waals surface area contributed by atoms with E-state index in [0.29, 0.717) is 30.7 Å². The Hall–Kier alpha value is -3.22. The summed E-state index contributed by atoms with van der Waals surface area (Å²) in [5, 5.41) is 13.6. The molecule has 7 nitrogen and oxygen atoms in total. The zero-order valence-electron chi connectivity index (χ0n) is 14.2. The largest absolute Gasteiger partial charge is 0.462 e. The molecule has 1 aliphatic carbocycles. The fourth-order valence-electron chi connectivity index (χ4n) is 2.83. The Morgan fingerprint density at radius 2 is 1.73 bits per heavy atom. The predicted octanol–water partition coefficient (Wildman–Crippen LogP) is 3.44. The second-order valence-corrected chi connectivity index (χ2v) is 6.14. The number of nitro benzene ring substituents is 1. The van der Waals surface area contributed by atoms with E-state index in [1.807, 2.05) is 0 Å². The number of hydrogen-bond donors (Lipinski definition) is 1. The lowest BCUT2D eigenvalue weighted by atomic mass is 9.94. The van der Waals surface area contributed by atoms with Crippen molar-refractivity contribution in [3.8, 4) is 0 Å². The summed E-state index contributed by atoms with van der Waals surface area (Å²) in [4.78, 5) is 34.6. The van der Waals surface area contributed by atoms with Gasteiger partial charge in [-0.3, -0.25) is 14.9 Å². The third-order valence-corrected chi connectivity index (χ3v) is 4.47. The van der Waals surface area contributed by atoms with Crippen molar-refractivity contribution in [2.75, 3.05) is 11.9 Å². The quantitative estimate of drug-likeness (QED) is 0.487. The number of nitrogens with one attached hydrogen (secondary N) is 1. The van der Waals surface area contributed by atoms with Crippen molar-refractivity contribution >= 4 is 23.3 Å². The first-order chi connectivity index (χ1) is 12.5. The average Bonchev–Trinajstić information content (AvgIpc) is 3.44. The van der Waals surface area contributed by atoms with E-state index in [2.05, 4.69) is 5.32 Å². The van der Waals surface area contributed by atoms with Gasteiger partial charge < -0.3 is 10.1 Å². The van der Waals surface area contributed by atoms with Crippen molar-refractivity contribution in [2.24, 2.45) is 0 Å². The third-order valence-electron chi connectivity index (χ3n) is 4.47. The number of carbonyl (C=O) groups is 2. The third kappa shape index (κ3) is 3.42. The summed E-state index contributed by atoms with van der Waals surface area (Å²) in [5.41, 5.74) is 1.12. The topological polar surface area (TPSA) is 98.5 Å². The minimum absolute atomic E-state index is 0.000452. The van der Waals surface area contributed by atoms with Gasteiger partial charge in [-0.2, -0.15) is 0 Å². The lowest BCUT2D eigenvalue weighted by molar-refractivity contribution is -0.384. The number of nitrogens with zero attached hydrogens (tertiary/aromatic N) is 1. The molecule has 134 valence electrons. The van der Waals surface area contributed by atoms with E-state index in [1.54, 1.807) is 43.3 Å². The first-order valence-corrected chi connectivity index (χ1v) is 8.30. The molecule has 2 aromatic carbocycles. The van der Waals surface area contributed by atoms with Gasteiger partial charge in [0, 0.05) is 17.8 Å². The van der Waals surface area contributed by atoms with E-state index in [1.165, 1.54) is 12.1 Å². The molecule has 1 N–H and O–H groups in total. The van der Waals surface area contributed by atoms with E-state index in [-0.39, 0.29) is 11.6 Å². The number of amides is 1. The smallest absolute Gasteiger partial charge is 0.338 e. The van der Waals surface area contributed by atoms with Crippen LogP contribution in [0.5, 0.6) is 0 Å². The fourth-order valence-corrected chi connectivity index (χ4v) is 2.83. The summed E-state index contributed by atoms with van der Waals surface area (Å²) in [5.74, 6) is -0.565. The Bertz CT molecular complexity index is 839. The van der Waals surface area contributed by atoms with E-state index in [0.717, 1.165) is 5.56 Å². The van der Waals surface area contributed by atoms with Gasteiger partial charge in [0.1, 0.15) is 0 Å². The van der Waals surface area contributed by atoms with Crippen molar-refractivity contribution in [2.45, 2.75) is 25.2 Å². The standard InChI is InChI=1S/C19H18N2O5/c1-2-26-17(22)13-3-7-15(8-4-13)20-18(23)19(11-12-19)14-5-9-16(10-6-14)21(24)25/h3-10H,2,11-12H2,1H3,(H,20,23). The molecule has 7 heteroatoms. The molecule has 0 atom stereocenters. The Balaban J connectivity index is 1.71. The number of rotatable bonds is 6. The second kappa shape index (κ2) is 6.95. The second-order valence-electron chi connectivity index (χ2n) is 6.14. The predicted molar refractivity (Wildman–Crippen MR) is 95.0 cm³/mol. The zero-order valence-corrected chi connectivity index (χ0v) is 14.2. The van der Waals surface area contributed by atoms with Crippen molar-refractivity contribution in [1.82, 2.24) is 0 Å². The van der Waals surface area contributed by atoms with Crippen LogP contribution in [0.2, 0.25) is 0 Å². The van der Waals surface area contributed by atoms with Gasteiger partial charge in [-0.1, -0.05) is 12.1 Å². The molecule has 0 unspecified atom stereocenters. The van der Waals surface area contributed by atoms with E-state index in [9.17, 15) is 19.7 Å². The number of non-ortho nitro benzene ring substituents is 1. The van der Waals surface area contributed by atoms with Crippen molar-refractivity contribution in [1.29, 1.82) is 0 Å². The Labute approximate surface area is 150 Å². The summed E-state index contributed by atoms with van der Waals surface area (Å²) in [6.07, 6.45) is 1.38. The monoisotopic (exact) mass is 354 g/mol. The number of benzene rings is 2. The maximum atomic E-state index is 12.7. The molecule has 0 aromatic heterocycles. The molecular formula is C19H18N2O5. The molecule has 0 bridgehead atoms. The highest BCUT2D eigenvalue weighted by Gasteiger charge is 2.51. The fraction of sp³-hybridized carbons (Fsp3) is 0.263. The molecule has 26 heavy (non-hydrogen) atoms. The number of hydrogen-bond acceptors (Lipinski definition) is 5. The summed E-state index contributed by atoms with van der Waals surface area (Å²) in [7, 11) is 0. The molecule has 1 amide bonds. The first-order valence-electron chi connectivity index (χ1n) is 8.30. The summed E-state index contributed by atoms with van der Waals surface area (Å²) in [6, 6.07) is 12.6. The van der Waals surface area contributed by atoms with Gasteiger partial charge in [0.25, 0.3) is 5.69 Å². The van der Waals surface area contributed by atoms with Crippen molar-refractivity contribution in [3.05, 3.63) is 69.8 Å². The summed E-state index contributed by atoms with van der Waals surface area (Å²) in [6.45, 7) is 2.04. The maximum absolute atomic E-state index is 12.7. The zero-order chi connectivity index (χ0) is 18.7. The van der Waals surface area contributed by atoms with Gasteiger partial charge >= 0.3 is 5.97 Å². The van der Waals surface area contributed by atoms with Crippen LogP contribution in [0.3, 0.4) is 0 Å². The molecule has 1 aliphatic rings. The van der Waals surface area contributed by atoms with Crippen molar-refractivity contribution < 1.29 is 19.2 Å². The number of ether oxygens (including phenoxy) is 1. The molecule has 0 saturated heterocycles. The molecular weight excluding hydrogens is 336 g/mol. The Morgan fingerprint density at radius 3 is 2.23 bits per heavy atom. The normalized spacial score (nSPS) is 14.3. The minimum Gasteiger partial charge on any atom is -0.462 e. The average molecular weight is 354 g/mol. The van der Waals surface area contributed by atoms with Crippen LogP contribution in [0.25, 0.3) is 0 Å². The van der Waals surface area contributed by atoms with Gasteiger partial charge in [-0.25, -0.2) is 4.79 Å². The Kier molecular flexibility index (Phi) is 4.71.